The SMILES string of the molecule is CC(C)[C@@H](C)[C@@]1(C)CC[C@]2(C)[C@H]3CC[C@@H]4[C@@]5(COC[C@@]4(C)[C@@H](OC[C@@](C)(C(C)C)N(C)C)[C@H](n4ncnc4C(N)=O)C5)C3=CC[C@]2(C)[C@@H]1OC(=O)O. The number of ether oxygens (including phenoxy) is 3. The van der Waals surface area contributed by atoms with Crippen molar-refractivity contribution in [3.05, 3.63) is 23.8 Å². The van der Waals surface area contributed by atoms with E-state index in [-0.39, 0.29) is 62.9 Å². The molecule has 4 aliphatic carbocycles. The van der Waals surface area contributed by atoms with Crippen molar-refractivity contribution >= 4 is 12.1 Å². The van der Waals surface area contributed by atoms with Crippen molar-refractivity contribution in [3.8, 4) is 0 Å². The van der Waals surface area contributed by atoms with Crippen LogP contribution in [0.5, 0.6) is 0 Å². The topological polar surface area (TPSA) is 142 Å². The van der Waals surface area contributed by atoms with Crippen molar-refractivity contribution in [2.24, 2.45) is 62.4 Å². The largest absolute Gasteiger partial charge is 0.506 e. The fourth-order valence-electron chi connectivity index (χ4n) is 12.6. The van der Waals surface area contributed by atoms with Crippen LogP contribution >= 0.6 is 0 Å². The van der Waals surface area contributed by atoms with Gasteiger partial charge in [-0.15, -0.1) is 0 Å². The number of allylic oxidation sites excluding steroid dienone is 1. The normalized spacial score (nSPS) is 41.8. The molecular weight excluding hydrogens is 658 g/mol. The Morgan fingerprint density at radius 3 is 2.38 bits per heavy atom. The third-order valence-electron chi connectivity index (χ3n) is 16.9. The zero-order chi connectivity index (χ0) is 38.4. The van der Waals surface area contributed by atoms with Crippen LogP contribution in [0.15, 0.2) is 18.0 Å². The number of nitrogens with two attached hydrogens (primary N) is 1. The Morgan fingerprint density at radius 2 is 1.79 bits per heavy atom. The van der Waals surface area contributed by atoms with Gasteiger partial charge in [-0.25, -0.2) is 14.5 Å². The molecule has 4 fully saturated rings. The highest BCUT2D eigenvalue weighted by Crippen LogP contribution is 2.74. The van der Waals surface area contributed by atoms with Crippen LogP contribution in [0.4, 0.5) is 4.79 Å². The molecule has 6 rings (SSSR count). The molecule has 1 aliphatic heterocycles. The number of amides is 1. The maximum absolute atomic E-state index is 12.8. The fourth-order valence-corrected chi connectivity index (χ4v) is 12.6. The maximum Gasteiger partial charge on any atom is 0.506 e. The van der Waals surface area contributed by atoms with Gasteiger partial charge in [0.15, 0.2) is 0 Å². The number of hydrogen-bond acceptors (Lipinski definition) is 8. The summed E-state index contributed by atoms with van der Waals surface area (Å²) in [6.07, 6.45) is 7.33. The van der Waals surface area contributed by atoms with E-state index in [1.165, 1.54) is 11.9 Å². The molecule has 52 heavy (non-hydrogen) atoms. The second-order valence-electron chi connectivity index (χ2n) is 19.6. The molecule has 2 heterocycles. The standard InChI is InChI=1S/C41H67N5O6/c1-24(2)26(5)36(6)17-18-38(8)27-13-14-30-37(7)20-50-22-41(30,28(27)15-16-39(38,9)34(36)52-35(48)49)19-29(46-33(32(42)47)43-23-44-46)31(37)51-21-40(10,25(3)4)45(11)12/h15,23-27,29-31,34H,13-14,16-22H2,1-12H3,(H2,42,47)(H,48,49)/t26-,27+,29-,30+,31+,34-,36-,37-,38-,39-,40+,41+/m1/s1. The first-order valence-corrected chi connectivity index (χ1v) is 19.8. The summed E-state index contributed by atoms with van der Waals surface area (Å²) in [5.41, 5.74) is 5.58. The molecule has 292 valence electrons. The monoisotopic (exact) mass is 726 g/mol. The van der Waals surface area contributed by atoms with Crippen molar-refractivity contribution < 1.29 is 28.9 Å². The van der Waals surface area contributed by atoms with Crippen molar-refractivity contribution in [3.63, 3.8) is 0 Å². The van der Waals surface area contributed by atoms with E-state index in [9.17, 15) is 14.7 Å². The second-order valence-corrected chi connectivity index (χ2v) is 19.6. The zero-order valence-electron chi connectivity index (χ0n) is 34.0. The lowest BCUT2D eigenvalue weighted by atomic mass is 9.35. The van der Waals surface area contributed by atoms with E-state index in [2.05, 4.69) is 104 Å². The number of carboxylic acid groups (broad SMARTS) is 1. The molecule has 1 aromatic rings. The minimum atomic E-state index is -1.19. The Kier molecular flexibility index (Phi) is 9.85. The Hall–Kier alpha value is -2.50. The van der Waals surface area contributed by atoms with Crippen LogP contribution in [0.3, 0.4) is 0 Å². The van der Waals surface area contributed by atoms with Crippen LogP contribution < -0.4 is 5.73 Å². The Morgan fingerprint density at radius 1 is 1.10 bits per heavy atom. The molecule has 11 heteroatoms. The second kappa shape index (κ2) is 13.1. The Bertz CT molecular complexity index is 1570. The lowest BCUT2D eigenvalue weighted by Crippen LogP contribution is -2.70. The molecule has 3 N–H and O–H groups in total. The number of aromatic nitrogens is 3. The van der Waals surface area contributed by atoms with Gasteiger partial charge < -0.3 is 30.0 Å². The van der Waals surface area contributed by atoms with Gasteiger partial charge in [0, 0.05) is 27.2 Å². The van der Waals surface area contributed by atoms with Gasteiger partial charge in [0.1, 0.15) is 12.4 Å². The summed E-state index contributed by atoms with van der Waals surface area (Å²) in [6.45, 7) is 24.4. The first-order chi connectivity index (χ1) is 24.1. The maximum atomic E-state index is 12.8. The quantitative estimate of drug-likeness (QED) is 0.189. The van der Waals surface area contributed by atoms with E-state index in [0.717, 1.165) is 32.1 Å². The van der Waals surface area contributed by atoms with Crippen LogP contribution in [0, 0.1) is 56.7 Å². The average molecular weight is 726 g/mol. The Labute approximate surface area is 311 Å². The number of hydrogen-bond donors (Lipinski definition) is 2. The third-order valence-corrected chi connectivity index (χ3v) is 16.9. The average Bonchev–Trinajstić information content (AvgIpc) is 3.56. The molecule has 12 atom stereocenters. The van der Waals surface area contributed by atoms with E-state index in [1.807, 2.05) is 0 Å². The van der Waals surface area contributed by atoms with Crippen molar-refractivity contribution in [1.29, 1.82) is 0 Å². The molecule has 0 aromatic carbocycles. The summed E-state index contributed by atoms with van der Waals surface area (Å²) in [7, 11) is 4.21. The van der Waals surface area contributed by atoms with Crippen LogP contribution in [0.25, 0.3) is 0 Å². The minimum absolute atomic E-state index is 0.152. The van der Waals surface area contributed by atoms with Gasteiger partial charge in [-0.2, -0.15) is 5.10 Å². The summed E-state index contributed by atoms with van der Waals surface area (Å²) < 4.78 is 21.8. The molecule has 11 nitrogen and oxygen atoms in total. The predicted octanol–water partition coefficient (Wildman–Crippen LogP) is 7.23. The summed E-state index contributed by atoms with van der Waals surface area (Å²) in [6, 6.07) is -0.292. The highest BCUT2D eigenvalue weighted by Gasteiger charge is 2.72. The lowest BCUT2D eigenvalue weighted by Gasteiger charge is -2.71. The summed E-state index contributed by atoms with van der Waals surface area (Å²) in [5.74, 6) is 1.08. The number of nitrogens with zero attached hydrogens (tertiary/aromatic N) is 4. The minimum Gasteiger partial charge on any atom is -0.450 e. The molecule has 2 bridgehead atoms. The van der Waals surface area contributed by atoms with E-state index >= 15 is 0 Å². The summed E-state index contributed by atoms with van der Waals surface area (Å²) in [4.78, 5) is 31.8. The molecule has 1 amide bonds. The lowest BCUT2D eigenvalue weighted by molar-refractivity contribution is -0.258. The molecule has 1 aromatic heterocycles. The molecule has 0 radical (unpaired) electrons. The summed E-state index contributed by atoms with van der Waals surface area (Å²) >= 11 is 0. The molecule has 3 saturated carbocycles. The van der Waals surface area contributed by atoms with Crippen molar-refractivity contribution in [2.45, 2.75) is 132 Å². The van der Waals surface area contributed by atoms with Crippen LogP contribution in [-0.2, 0) is 14.2 Å². The van der Waals surface area contributed by atoms with Gasteiger partial charge in [0.05, 0.1) is 32.0 Å². The van der Waals surface area contributed by atoms with E-state index in [4.69, 9.17) is 19.9 Å². The fraction of sp³-hybridized carbons (Fsp3) is 0.854. The van der Waals surface area contributed by atoms with E-state index < -0.39 is 23.6 Å². The zero-order valence-corrected chi connectivity index (χ0v) is 34.0. The first kappa shape index (κ1) is 39.2. The molecule has 5 aliphatic rings. The van der Waals surface area contributed by atoms with Gasteiger partial charge in [-0.05, 0) is 94.5 Å². The Balaban J connectivity index is 1.47. The van der Waals surface area contributed by atoms with Crippen LogP contribution in [0.2, 0.25) is 0 Å². The van der Waals surface area contributed by atoms with Gasteiger partial charge in [-0.1, -0.05) is 74.0 Å². The molecular formula is C41H67N5O6. The van der Waals surface area contributed by atoms with E-state index in [1.54, 1.807) is 4.68 Å². The summed E-state index contributed by atoms with van der Waals surface area (Å²) in [5, 5.41) is 14.9. The predicted molar refractivity (Wildman–Crippen MR) is 200 cm³/mol. The first-order valence-electron chi connectivity index (χ1n) is 19.8. The van der Waals surface area contributed by atoms with Crippen LogP contribution in [-0.4, -0.2) is 88.5 Å². The van der Waals surface area contributed by atoms with Gasteiger partial charge >= 0.3 is 6.16 Å². The van der Waals surface area contributed by atoms with Crippen LogP contribution in [0.1, 0.15) is 124 Å². The van der Waals surface area contributed by atoms with Gasteiger partial charge in [-0.3, -0.25) is 4.79 Å². The highest BCUT2D eigenvalue weighted by molar-refractivity contribution is 5.89. The molecule has 0 spiro atoms. The smallest absolute Gasteiger partial charge is 0.450 e. The number of fused-ring (bicyclic) bond motifs is 3. The van der Waals surface area contributed by atoms with Gasteiger partial charge in [0.2, 0.25) is 5.82 Å². The van der Waals surface area contributed by atoms with Crippen molar-refractivity contribution in [2.75, 3.05) is 33.9 Å². The molecule has 1 saturated heterocycles. The third kappa shape index (κ3) is 5.43. The number of likely N-dealkylation sites (N-methyl/N-ethyl adjacent to an activating group) is 1. The van der Waals surface area contributed by atoms with E-state index in [0.29, 0.717) is 38.1 Å². The number of primary amides is 1. The highest BCUT2D eigenvalue weighted by atomic mass is 16.7. The van der Waals surface area contributed by atoms with Gasteiger partial charge in [0.25, 0.3) is 5.91 Å². The number of carbonyl (C=O) groups is 2. The number of carbonyl (C=O) groups excluding carboxylic acids is 1. The number of rotatable bonds is 10. The van der Waals surface area contributed by atoms with Crippen molar-refractivity contribution in [1.82, 2.24) is 19.7 Å². The molecule has 0 unspecified atom stereocenters.